The van der Waals surface area contributed by atoms with Gasteiger partial charge in [0.2, 0.25) is 0 Å². The van der Waals surface area contributed by atoms with Gasteiger partial charge in [0, 0.05) is 16.8 Å². The fourth-order valence-corrected chi connectivity index (χ4v) is 4.48. The zero-order chi connectivity index (χ0) is 22.1. The van der Waals surface area contributed by atoms with Crippen molar-refractivity contribution >= 4 is 34.6 Å². The van der Waals surface area contributed by atoms with Crippen LogP contribution in [0.3, 0.4) is 0 Å². The Kier molecular flexibility index (Phi) is 5.55. The van der Waals surface area contributed by atoms with Crippen molar-refractivity contribution in [1.82, 2.24) is 10.3 Å². The molecule has 0 amide bonds. The molecule has 0 aliphatic carbocycles. The van der Waals surface area contributed by atoms with Crippen LogP contribution in [0.2, 0.25) is 5.02 Å². The molecule has 0 unspecified atom stereocenters. The highest BCUT2D eigenvalue weighted by Gasteiger charge is 2.43. The lowest BCUT2D eigenvalue weighted by molar-refractivity contribution is 0.409. The maximum absolute atomic E-state index is 6.37. The molecule has 1 aliphatic rings. The zero-order valence-electron chi connectivity index (χ0n) is 17.2. The molecule has 5 rings (SSSR count). The van der Waals surface area contributed by atoms with Gasteiger partial charge in [-0.3, -0.25) is 4.98 Å². The minimum absolute atomic E-state index is 0.196. The van der Waals surface area contributed by atoms with Gasteiger partial charge in [0.25, 0.3) is 0 Å². The van der Waals surface area contributed by atoms with Gasteiger partial charge >= 0.3 is 0 Å². The molecule has 4 aromatic rings. The summed E-state index contributed by atoms with van der Waals surface area (Å²) in [5.41, 5.74) is 2.69. The molecule has 7 heteroatoms. The first-order valence-electron chi connectivity index (χ1n) is 10.1. The van der Waals surface area contributed by atoms with Gasteiger partial charge in [-0.15, -0.1) is 0 Å². The van der Waals surface area contributed by atoms with E-state index in [1.54, 1.807) is 13.3 Å². The number of hydrogen-bond donors (Lipinski definition) is 1. The molecule has 0 bridgehead atoms. The zero-order valence-corrected chi connectivity index (χ0v) is 18.8. The second-order valence-corrected chi connectivity index (χ2v) is 8.20. The molecule has 2 aromatic heterocycles. The van der Waals surface area contributed by atoms with E-state index in [1.807, 2.05) is 83.8 Å². The quantitative estimate of drug-likeness (QED) is 0.358. The third-order valence-corrected chi connectivity index (χ3v) is 6.06. The van der Waals surface area contributed by atoms with Gasteiger partial charge in [-0.25, -0.2) is 0 Å². The smallest absolute Gasteiger partial charge is 0.174 e. The molecule has 32 heavy (non-hydrogen) atoms. The summed E-state index contributed by atoms with van der Waals surface area (Å²) >= 11 is 11.8. The van der Waals surface area contributed by atoms with Crippen molar-refractivity contribution in [3.05, 3.63) is 102 Å². The number of furan rings is 1. The first-order valence-corrected chi connectivity index (χ1v) is 10.9. The predicted molar refractivity (Wildman–Crippen MR) is 130 cm³/mol. The molecule has 3 heterocycles. The summed E-state index contributed by atoms with van der Waals surface area (Å²) in [5, 5.41) is 4.70. The minimum atomic E-state index is -0.255. The third-order valence-electron chi connectivity index (χ3n) is 5.49. The summed E-state index contributed by atoms with van der Waals surface area (Å²) in [6, 6.07) is 24.8. The molecule has 0 spiro atoms. The van der Waals surface area contributed by atoms with Crippen molar-refractivity contribution in [2.45, 2.75) is 12.1 Å². The fraction of sp³-hybridized carbons (Fsp3) is 0.120. The van der Waals surface area contributed by atoms with Gasteiger partial charge in [-0.05, 0) is 72.9 Å². The molecule has 2 aromatic carbocycles. The average molecular weight is 462 g/mol. The monoisotopic (exact) mass is 461 g/mol. The maximum Gasteiger partial charge on any atom is 0.174 e. The van der Waals surface area contributed by atoms with E-state index in [2.05, 4.69) is 10.3 Å². The largest absolute Gasteiger partial charge is 0.495 e. The van der Waals surface area contributed by atoms with Crippen molar-refractivity contribution in [3.63, 3.8) is 0 Å². The van der Waals surface area contributed by atoms with E-state index in [-0.39, 0.29) is 12.1 Å². The van der Waals surface area contributed by atoms with Crippen molar-refractivity contribution in [3.8, 4) is 17.1 Å². The molecule has 1 saturated heterocycles. The Morgan fingerprint density at radius 3 is 2.53 bits per heavy atom. The van der Waals surface area contributed by atoms with E-state index < -0.39 is 0 Å². The lowest BCUT2D eigenvalue weighted by atomic mass is 10.0. The molecule has 5 nitrogen and oxygen atoms in total. The molecule has 1 aliphatic heterocycles. The van der Waals surface area contributed by atoms with Crippen LogP contribution >= 0.6 is 23.8 Å². The normalized spacial score (nSPS) is 17.9. The summed E-state index contributed by atoms with van der Waals surface area (Å²) in [5.74, 6) is 2.26. The number of nitrogens with zero attached hydrogens (tertiary/aromatic N) is 2. The van der Waals surface area contributed by atoms with Crippen LogP contribution in [-0.4, -0.2) is 17.2 Å². The van der Waals surface area contributed by atoms with E-state index in [1.165, 1.54) is 0 Å². The number of methoxy groups -OCH3 is 1. The molecule has 0 saturated carbocycles. The van der Waals surface area contributed by atoms with E-state index in [4.69, 9.17) is 33.0 Å². The molecular formula is C25H20ClN3O2S. The van der Waals surface area contributed by atoms with Gasteiger partial charge in [-0.1, -0.05) is 29.8 Å². The Morgan fingerprint density at radius 1 is 1.00 bits per heavy atom. The number of thiocarbonyl (C=S) groups is 1. The number of para-hydroxylation sites is 2. The summed E-state index contributed by atoms with van der Waals surface area (Å²) < 4.78 is 12.0. The average Bonchev–Trinajstić information content (AvgIpc) is 3.44. The number of rotatable bonds is 5. The molecule has 1 fully saturated rings. The Labute approximate surface area is 196 Å². The van der Waals surface area contributed by atoms with Gasteiger partial charge in [-0.2, -0.15) is 0 Å². The summed E-state index contributed by atoms with van der Waals surface area (Å²) in [6.07, 6.45) is 1.78. The highest BCUT2D eigenvalue weighted by Crippen LogP contribution is 2.45. The van der Waals surface area contributed by atoms with Crippen molar-refractivity contribution < 1.29 is 9.15 Å². The number of anilines is 1. The molecular weight excluding hydrogens is 442 g/mol. The second kappa shape index (κ2) is 8.65. The minimum Gasteiger partial charge on any atom is -0.495 e. The van der Waals surface area contributed by atoms with Crippen LogP contribution in [0.5, 0.6) is 5.75 Å². The van der Waals surface area contributed by atoms with E-state index in [0.717, 1.165) is 34.2 Å². The predicted octanol–water partition coefficient (Wildman–Crippen LogP) is 6.18. The fourth-order valence-electron chi connectivity index (χ4n) is 4.01. The van der Waals surface area contributed by atoms with E-state index >= 15 is 0 Å². The first-order chi connectivity index (χ1) is 15.7. The van der Waals surface area contributed by atoms with Crippen LogP contribution in [0.25, 0.3) is 11.3 Å². The van der Waals surface area contributed by atoms with Crippen LogP contribution in [0.15, 0.2) is 89.5 Å². The van der Waals surface area contributed by atoms with Gasteiger partial charge in [0.05, 0.1) is 24.5 Å². The van der Waals surface area contributed by atoms with Crippen LogP contribution in [0, 0.1) is 0 Å². The number of benzene rings is 2. The van der Waals surface area contributed by atoms with Crippen molar-refractivity contribution in [2.75, 3.05) is 12.0 Å². The van der Waals surface area contributed by atoms with Gasteiger partial charge in [0.1, 0.15) is 23.3 Å². The van der Waals surface area contributed by atoms with Crippen LogP contribution < -0.4 is 15.0 Å². The van der Waals surface area contributed by atoms with Gasteiger partial charge in [0.15, 0.2) is 5.11 Å². The molecule has 160 valence electrons. The highest BCUT2D eigenvalue weighted by molar-refractivity contribution is 7.80. The topological polar surface area (TPSA) is 50.5 Å². The number of hydrogen-bond acceptors (Lipinski definition) is 4. The SMILES string of the molecule is COc1ccccc1N1C(=S)N[C@@H](c2ccccn2)[C@H]1c1ccc(-c2ccc(Cl)cc2)o1. The number of pyridine rings is 1. The van der Waals surface area contributed by atoms with Crippen LogP contribution in [-0.2, 0) is 0 Å². The third kappa shape index (κ3) is 3.72. The molecule has 2 atom stereocenters. The van der Waals surface area contributed by atoms with Crippen molar-refractivity contribution in [1.29, 1.82) is 0 Å². The first kappa shape index (κ1) is 20.5. The summed E-state index contributed by atoms with van der Waals surface area (Å²) in [4.78, 5) is 6.62. The van der Waals surface area contributed by atoms with E-state index in [9.17, 15) is 0 Å². The Balaban J connectivity index is 1.61. The van der Waals surface area contributed by atoms with Crippen LogP contribution in [0.4, 0.5) is 5.69 Å². The molecule has 0 radical (unpaired) electrons. The number of halogens is 1. The lowest BCUT2D eigenvalue weighted by Gasteiger charge is -2.27. The van der Waals surface area contributed by atoms with Crippen molar-refractivity contribution in [2.24, 2.45) is 0 Å². The lowest BCUT2D eigenvalue weighted by Crippen LogP contribution is -2.29. The summed E-state index contributed by atoms with van der Waals surface area (Å²) in [7, 11) is 1.65. The Morgan fingerprint density at radius 2 is 1.78 bits per heavy atom. The van der Waals surface area contributed by atoms with Gasteiger partial charge < -0.3 is 19.4 Å². The molecule has 1 N–H and O–H groups in total. The second-order valence-electron chi connectivity index (χ2n) is 7.38. The summed E-state index contributed by atoms with van der Waals surface area (Å²) in [6.45, 7) is 0. The highest BCUT2D eigenvalue weighted by atomic mass is 35.5. The standard InChI is InChI=1S/C25H20ClN3O2S/c1-30-21-8-3-2-7-19(21)29-24(23(28-25(29)32)18-6-4-5-15-27-18)22-14-13-20(31-22)16-9-11-17(26)12-10-16/h2-15,23-24H,1H3,(H,28,32)/t23-,24+/m0/s1. The number of ether oxygens (including phenoxy) is 1. The number of aromatic nitrogens is 1. The Hall–Kier alpha value is -3.35. The van der Waals surface area contributed by atoms with E-state index in [0.29, 0.717) is 10.1 Å². The Bertz CT molecular complexity index is 1240. The van der Waals surface area contributed by atoms with Crippen LogP contribution in [0.1, 0.15) is 23.5 Å². The number of nitrogens with one attached hydrogen (secondary N) is 1. The maximum atomic E-state index is 6.37.